The monoisotopic (exact) mass is 342 g/mol. The number of Topliss-reactive ketones (excluding diaryl/α,β-unsaturated/α-hetero) is 1. The molecule has 1 aromatic heterocycles. The first kappa shape index (κ1) is 16.7. The van der Waals surface area contributed by atoms with E-state index in [1.54, 1.807) is 0 Å². The first-order chi connectivity index (χ1) is 11.7. The van der Waals surface area contributed by atoms with Crippen molar-refractivity contribution in [3.63, 3.8) is 0 Å². The molecule has 1 saturated heterocycles. The van der Waals surface area contributed by atoms with Gasteiger partial charge in [0, 0.05) is 38.2 Å². The van der Waals surface area contributed by atoms with E-state index in [1.807, 2.05) is 23.6 Å². The fourth-order valence-corrected chi connectivity index (χ4v) is 3.70. The molecule has 1 aliphatic rings. The Morgan fingerprint density at radius 2 is 1.96 bits per heavy atom. The van der Waals surface area contributed by atoms with Crippen LogP contribution in [0.2, 0.25) is 0 Å². The second-order valence-electron chi connectivity index (χ2n) is 6.14. The quantitative estimate of drug-likeness (QED) is 0.785. The van der Waals surface area contributed by atoms with Gasteiger partial charge in [-0.1, -0.05) is 24.3 Å². The van der Waals surface area contributed by atoms with Gasteiger partial charge >= 0.3 is 0 Å². The zero-order valence-electron chi connectivity index (χ0n) is 13.6. The third kappa shape index (κ3) is 4.45. The summed E-state index contributed by atoms with van der Waals surface area (Å²) in [5.41, 5.74) is 1.24. The summed E-state index contributed by atoms with van der Waals surface area (Å²) >= 11 is 1.43. The number of carbonyl (C=O) groups is 2. The van der Waals surface area contributed by atoms with Crippen molar-refractivity contribution in [2.45, 2.75) is 19.3 Å². The maximum Gasteiger partial charge on any atom is 0.220 e. The van der Waals surface area contributed by atoms with Crippen LogP contribution >= 0.6 is 11.3 Å². The number of anilines is 1. The third-order valence-corrected chi connectivity index (χ3v) is 5.28. The Morgan fingerprint density at radius 1 is 1.12 bits per heavy atom. The van der Waals surface area contributed by atoms with Crippen molar-refractivity contribution in [3.05, 3.63) is 52.7 Å². The van der Waals surface area contributed by atoms with Gasteiger partial charge in [-0.05, 0) is 35.9 Å². The summed E-state index contributed by atoms with van der Waals surface area (Å²) in [7, 11) is 0. The summed E-state index contributed by atoms with van der Waals surface area (Å²) in [5, 5.41) is 4.86. The normalized spacial score (nSPS) is 17.0. The van der Waals surface area contributed by atoms with Crippen LogP contribution in [0, 0.1) is 5.92 Å². The van der Waals surface area contributed by atoms with Gasteiger partial charge < -0.3 is 10.2 Å². The summed E-state index contributed by atoms with van der Waals surface area (Å²) in [5.74, 6) is 0.497. The SMILES string of the molecule is O=C(CCC(=O)c1cccs1)NC[C@@H]1CCN(c2ccccc2)C1. The number of nitrogens with one attached hydrogen (secondary N) is 1. The summed E-state index contributed by atoms with van der Waals surface area (Å²) < 4.78 is 0. The van der Waals surface area contributed by atoms with Crippen LogP contribution in [0.25, 0.3) is 0 Å². The lowest BCUT2D eigenvalue weighted by Crippen LogP contribution is -2.31. The lowest BCUT2D eigenvalue weighted by atomic mass is 10.1. The molecule has 3 rings (SSSR count). The molecule has 2 heterocycles. The number of ketones is 1. The molecule has 2 aromatic rings. The number of thiophene rings is 1. The zero-order valence-corrected chi connectivity index (χ0v) is 14.4. The predicted molar refractivity (Wildman–Crippen MR) is 97.7 cm³/mol. The van der Waals surface area contributed by atoms with Crippen molar-refractivity contribution in [2.75, 3.05) is 24.5 Å². The van der Waals surface area contributed by atoms with Crippen molar-refractivity contribution in [2.24, 2.45) is 5.92 Å². The van der Waals surface area contributed by atoms with E-state index in [9.17, 15) is 9.59 Å². The Hall–Kier alpha value is -2.14. The maximum absolute atomic E-state index is 12.0. The highest BCUT2D eigenvalue weighted by atomic mass is 32.1. The Bertz CT molecular complexity index is 670. The van der Waals surface area contributed by atoms with Crippen molar-refractivity contribution in [3.8, 4) is 0 Å². The lowest BCUT2D eigenvalue weighted by Gasteiger charge is -2.18. The number of carbonyl (C=O) groups excluding carboxylic acids is 2. The van der Waals surface area contributed by atoms with Gasteiger partial charge in [0.1, 0.15) is 0 Å². The molecule has 0 radical (unpaired) electrons. The van der Waals surface area contributed by atoms with Crippen molar-refractivity contribution in [1.29, 1.82) is 0 Å². The van der Waals surface area contributed by atoms with Gasteiger partial charge in [0.15, 0.2) is 5.78 Å². The molecule has 0 aliphatic carbocycles. The van der Waals surface area contributed by atoms with E-state index >= 15 is 0 Å². The Labute approximate surface area is 146 Å². The van der Waals surface area contributed by atoms with E-state index in [4.69, 9.17) is 0 Å². The molecule has 4 nitrogen and oxygen atoms in total. The van der Waals surface area contributed by atoms with Gasteiger partial charge in [0.05, 0.1) is 4.88 Å². The van der Waals surface area contributed by atoms with Crippen LogP contribution in [-0.2, 0) is 4.79 Å². The second kappa shape index (κ2) is 8.11. The molecular weight excluding hydrogens is 320 g/mol. The Morgan fingerprint density at radius 3 is 2.71 bits per heavy atom. The summed E-state index contributed by atoms with van der Waals surface area (Å²) in [6, 6.07) is 14.0. The summed E-state index contributed by atoms with van der Waals surface area (Å²) in [6.45, 7) is 2.69. The molecule has 24 heavy (non-hydrogen) atoms. The Balaban J connectivity index is 1.37. The number of nitrogens with zero attached hydrogens (tertiary/aromatic N) is 1. The molecule has 1 fully saturated rings. The Kier molecular flexibility index (Phi) is 5.64. The smallest absolute Gasteiger partial charge is 0.220 e. The minimum absolute atomic E-state index is 0.0296. The van der Waals surface area contributed by atoms with Crippen LogP contribution in [0.1, 0.15) is 28.9 Å². The number of hydrogen-bond donors (Lipinski definition) is 1. The number of para-hydroxylation sites is 1. The second-order valence-corrected chi connectivity index (χ2v) is 7.09. The van der Waals surface area contributed by atoms with E-state index in [-0.39, 0.29) is 24.5 Å². The van der Waals surface area contributed by atoms with Gasteiger partial charge in [0.2, 0.25) is 5.91 Å². The molecule has 1 aliphatic heterocycles. The number of rotatable bonds is 7. The van der Waals surface area contributed by atoms with Gasteiger partial charge in [0.25, 0.3) is 0 Å². The maximum atomic E-state index is 12.0. The van der Waals surface area contributed by atoms with Crippen molar-refractivity contribution >= 4 is 28.7 Å². The van der Waals surface area contributed by atoms with E-state index in [2.05, 4.69) is 34.5 Å². The van der Waals surface area contributed by atoms with Crippen LogP contribution in [0.15, 0.2) is 47.8 Å². The highest BCUT2D eigenvalue weighted by Crippen LogP contribution is 2.23. The van der Waals surface area contributed by atoms with Gasteiger partial charge in [-0.25, -0.2) is 0 Å². The molecule has 1 amide bonds. The van der Waals surface area contributed by atoms with Crippen LogP contribution in [0.4, 0.5) is 5.69 Å². The molecule has 0 spiro atoms. The average molecular weight is 342 g/mol. The fourth-order valence-electron chi connectivity index (χ4n) is 3.01. The highest BCUT2D eigenvalue weighted by Gasteiger charge is 2.23. The van der Waals surface area contributed by atoms with E-state index in [1.165, 1.54) is 17.0 Å². The van der Waals surface area contributed by atoms with Crippen molar-refractivity contribution in [1.82, 2.24) is 5.32 Å². The summed E-state index contributed by atoms with van der Waals surface area (Å²) in [4.78, 5) is 26.9. The van der Waals surface area contributed by atoms with Gasteiger partial charge in [-0.2, -0.15) is 0 Å². The number of amides is 1. The third-order valence-electron chi connectivity index (χ3n) is 4.37. The molecule has 0 unspecified atom stereocenters. The van der Waals surface area contributed by atoms with Crippen LogP contribution in [0.3, 0.4) is 0 Å². The topological polar surface area (TPSA) is 49.4 Å². The van der Waals surface area contributed by atoms with E-state index < -0.39 is 0 Å². The first-order valence-corrected chi connectivity index (χ1v) is 9.24. The van der Waals surface area contributed by atoms with Crippen LogP contribution in [-0.4, -0.2) is 31.3 Å². The lowest BCUT2D eigenvalue weighted by molar-refractivity contribution is -0.121. The minimum atomic E-state index is -0.0296. The fraction of sp³-hybridized carbons (Fsp3) is 0.368. The molecule has 1 atom stereocenters. The predicted octanol–water partition coefficient (Wildman–Crippen LogP) is 3.35. The largest absolute Gasteiger partial charge is 0.371 e. The van der Waals surface area contributed by atoms with E-state index in [0.717, 1.165) is 24.4 Å². The zero-order chi connectivity index (χ0) is 16.8. The molecule has 1 aromatic carbocycles. The molecular formula is C19H22N2O2S. The first-order valence-electron chi connectivity index (χ1n) is 8.36. The molecule has 5 heteroatoms. The minimum Gasteiger partial charge on any atom is -0.371 e. The molecule has 1 N–H and O–H groups in total. The molecule has 0 saturated carbocycles. The van der Waals surface area contributed by atoms with Gasteiger partial charge in [-0.3, -0.25) is 9.59 Å². The highest BCUT2D eigenvalue weighted by molar-refractivity contribution is 7.12. The van der Waals surface area contributed by atoms with Crippen LogP contribution < -0.4 is 10.2 Å². The summed E-state index contributed by atoms with van der Waals surface area (Å²) in [6.07, 6.45) is 1.64. The molecule has 0 bridgehead atoms. The van der Waals surface area contributed by atoms with E-state index in [0.29, 0.717) is 12.5 Å². The standard InChI is InChI=1S/C19H22N2O2S/c22-17(18-7-4-12-24-18)8-9-19(23)20-13-15-10-11-21(14-15)16-5-2-1-3-6-16/h1-7,12,15H,8-11,13-14H2,(H,20,23)/t15-/m0/s1. The van der Waals surface area contributed by atoms with Crippen molar-refractivity contribution < 1.29 is 9.59 Å². The molecule has 126 valence electrons. The number of hydrogen-bond acceptors (Lipinski definition) is 4. The average Bonchev–Trinajstić information content (AvgIpc) is 3.30. The number of benzene rings is 1. The van der Waals surface area contributed by atoms with Gasteiger partial charge in [-0.15, -0.1) is 11.3 Å². The van der Waals surface area contributed by atoms with Crippen LogP contribution in [0.5, 0.6) is 0 Å².